The fraction of sp³-hybridized carbons (Fsp3) is 0.333. The molecule has 0 bridgehead atoms. The highest BCUT2D eigenvalue weighted by Crippen LogP contribution is 2.13. The van der Waals surface area contributed by atoms with Crippen LogP contribution in [0.2, 0.25) is 0 Å². The number of aromatic amines is 1. The SMILES string of the molecule is C=CN(CC(C)O)/N=C(\C)c1[nH]nc2ncncc12. The van der Waals surface area contributed by atoms with Gasteiger partial charge in [-0.2, -0.15) is 10.2 Å². The van der Waals surface area contributed by atoms with E-state index < -0.39 is 6.10 Å². The van der Waals surface area contributed by atoms with Gasteiger partial charge in [0.1, 0.15) is 6.33 Å². The Bertz CT molecular complexity index is 603. The standard InChI is InChI=1S/C12H16N6O/c1-4-18(6-8(2)19)17-9(3)11-10-5-13-7-14-12(10)16-15-11/h4-5,7-8,19H,1,6H2,2-3H3,(H,13,14,15,16)/b17-9+. The summed E-state index contributed by atoms with van der Waals surface area (Å²) in [5.41, 5.74) is 2.08. The van der Waals surface area contributed by atoms with E-state index in [0.717, 1.165) is 16.8 Å². The molecule has 100 valence electrons. The highest BCUT2D eigenvalue weighted by molar-refractivity contribution is 6.06. The lowest BCUT2D eigenvalue weighted by Gasteiger charge is -2.16. The highest BCUT2D eigenvalue weighted by Gasteiger charge is 2.10. The Kier molecular flexibility index (Phi) is 3.86. The van der Waals surface area contributed by atoms with Crippen LogP contribution in [0.4, 0.5) is 0 Å². The molecule has 0 saturated carbocycles. The molecule has 0 spiro atoms. The second-order valence-corrected chi connectivity index (χ2v) is 4.20. The molecule has 2 aromatic heterocycles. The summed E-state index contributed by atoms with van der Waals surface area (Å²) in [5.74, 6) is 0. The Labute approximate surface area is 110 Å². The van der Waals surface area contributed by atoms with Crippen LogP contribution >= 0.6 is 0 Å². The Morgan fingerprint density at radius 1 is 1.68 bits per heavy atom. The first-order valence-electron chi connectivity index (χ1n) is 5.88. The third-order valence-electron chi connectivity index (χ3n) is 2.54. The number of aromatic nitrogens is 4. The van der Waals surface area contributed by atoms with Crippen molar-refractivity contribution in [3.05, 3.63) is 31.0 Å². The highest BCUT2D eigenvalue weighted by atomic mass is 16.3. The number of nitrogens with zero attached hydrogens (tertiary/aromatic N) is 5. The summed E-state index contributed by atoms with van der Waals surface area (Å²) in [7, 11) is 0. The van der Waals surface area contributed by atoms with Crippen molar-refractivity contribution in [1.82, 2.24) is 25.2 Å². The molecule has 1 unspecified atom stereocenters. The van der Waals surface area contributed by atoms with E-state index in [-0.39, 0.29) is 0 Å². The molecule has 0 fully saturated rings. The normalized spacial score (nSPS) is 13.5. The van der Waals surface area contributed by atoms with Crippen LogP contribution in [0.5, 0.6) is 0 Å². The summed E-state index contributed by atoms with van der Waals surface area (Å²) >= 11 is 0. The summed E-state index contributed by atoms with van der Waals surface area (Å²) in [4.78, 5) is 8.03. The average Bonchev–Trinajstić information content (AvgIpc) is 2.81. The van der Waals surface area contributed by atoms with Crippen molar-refractivity contribution in [2.75, 3.05) is 6.54 Å². The number of aliphatic hydroxyl groups excluding tert-OH is 1. The van der Waals surface area contributed by atoms with E-state index in [1.165, 1.54) is 6.33 Å². The van der Waals surface area contributed by atoms with Gasteiger partial charge in [-0.15, -0.1) is 0 Å². The van der Waals surface area contributed by atoms with Gasteiger partial charge >= 0.3 is 0 Å². The molecule has 2 N–H and O–H groups in total. The van der Waals surface area contributed by atoms with Gasteiger partial charge in [0.25, 0.3) is 0 Å². The Morgan fingerprint density at radius 3 is 3.16 bits per heavy atom. The molecular weight excluding hydrogens is 244 g/mol. The average molecular weight is 260 g/mol. The molecular formula is C12H16N6O. The van der Waals surface area contributed by atoms with Crippen molar-refractivity contribution in [1.29, 1.82) is 0 Å². The second kappa shape index (κ2) is 5.57. The van der Waals surface area contributed by atoms with Gasteiger partial charge in [-0.3, -0.25) is 10.1 Å². The topological polar surface area (TPSA) is 90.3 Å². The first-order valence-corrected chi connectivity index (χ1v) is 5.88. The monoisotopic (exact) mass is 260 g/mol. The first kappa shape index (κ1) is 13.2. The van der Waals surface area contributed by atoms with Gasteiger partial charge in [0.05, 0.1) is 29.4 Å². The zero-order chi connectivity index (χ0) is 13.8. The maximum absolute atomic E-state index is 9.37. The van der Waals surface area contributed by atoms with Crippen molar-refractivity contribution in [3.63, 3.8) is 0 Å². The number of hydrazone groups is 1. The van der Waals surface area contributed by atoms with Crippen molar-refractivity contribution < 1.29 is 5.11 Å². The van der Waals surface area contributed by atoms with Crippen molar-refractivity contribution in [2.45, 2.75) is 20.0 Å². The molecule has 0 radical (unpaired) electrons. The van der Waals surface area contributed by atoms with Gasteiger partial charge in [-0.25, -0.2) is 9.97 Å². The van der Waals surface area contributed by atoms with Crippen LogP contribution < -0.4 is 0 Å². The van der Waals surface area contributed by atoms with E-state index in [0.29, 0.717) is 12.2 Å². The van der Waals surface area contributed by atoms with Crippen molar-refractivity contribution >= 4 is 16.7 Å². The van der Waals surface area contributed by atoms with Crippen LogP contribution in [-0.2, 0) is 0 Å². The summed E-state index contributed by atoms with van der Waals surface area (Å²) in [6.45, 7) is 7.59. The summed E-state index contributed by atoms with van der Waals surface area (Å²) in [5, 5.41) is 23.1. The summed E-state index contributed by atoms with van der Waals surface area (Å²) < 4.78 is 0. The summed E-state index contributed by atoms with van der Waals surface area (Å²) in [6, 6.07) is 0. The van der Waals surface area contributed by atoms with E-state index in [4.69, 9.17) is 0 Å². The number of hydrogen-bond donors (Lipinski definition) is 2. The molecule has 0 aliphatic heterocycles. The number of fused-ring (bicyclic) bond motifs is 1. The zero-order valence-electron chi connectivity index (χ0n) is 10.9. The van der Waals surface area contributed by atoms with Crippen LogP contribution in [0.15, 0.2) is 30.4 Å². The molecule has 2 rings (SSSR count). The van der Waals surface area contributed by atoms with E-state index in [2.05, 4.69) is 31.8 Å². The number of aliphatic hydroxyl groups is 1. The van der Waals surface area contributed by atoms with Crippen LogP contribution in [0, 0.1) is 0 Å². The fourth-order valence-electron chi connectivity index (χ4n) is 1.70. The molecule has 0 amide bonds. The molecule has 0 aliphatic carbocycles. The Morgan fingerprint density at radius 2 is 2.47 bits per heavy atom. The van der Waals surface area contributed by atoms with Gasteiger partial charge in [0, 0.05) is 12.4 Å². The van der Waals surface area contributed by atoms with E-state index in [9.17, 15) is 5.11 Å². The lowest BCUT2D eigenvalue weighted by Crippen LogP contribution is -2.23. The van der Waals surface area contributed by atoms with Crippen molar-refractivity contribution in [3.8, 4) is 0 Å². The predicted molar refractivity (Wildman–Crippen MR) is 72.5 cm³/mol. The molecule has 7 nitrogen and oxygen atoms in total. The van der Waals surface area contributed by atoms with E-state index in [1.807, 2.05) is 6.92 Å². The van der Waals surface area contributed by atoms with E-state index >= 15 is 0 Å². The number of rotatable bonds is 5. The molecule has 0 aromatic carbocycles. The smallest absolute Gasteiger partial charge is 0.184 e. The molecule has 19 heavy (non-hydrogen) atoms. The van der Waals surface area contributed by atoms with Gasteiger partial charge in [-0.1, -0.05) is 6.58 Å². The first-order chi connectivity index (χ1) is 9.11. The molecule has 1 atom stereocenters. The third-order valence-corrected chi connectivity index (χ3v) is 2.54. The minimum absolute atomic E-state index is 0.378. The molecule has 7 heteroatoms. The predicted octanol–water partition coefficient (Wildman–Crippen LogP) is 0.903. The van der Waals surface area contributed by atoms with Crippen LogP contribution in [-0.4, -0.2) is 48.6 Å². The third kappa shape index (κ3) is 2.94. The minimum atomic E-state index is -0.489. The van der Waals surface area contributed by atoms with Crippen LogP contribution in [0.1, 0.15) is 19.5 Å². The van der Waals surface area contributed by atoms with Gasteiger partial charge < -0.3 is 5.11 Å². The zero-order valence-corrected chi connectivity index (χ0v) is 10.9. The Hall–Kier alpha value is -2.28. The molecule has 0 saturated heterocycles. The fourth-order valence-corrected chi connectivity index (χ4v) is 1.70. The number of nitrogens with one attached hydrogen (secondary N) is 1. The minimum Gasteiger partial charge on any atom is -0.391 e. The van der Waals surface area contributed by atoms with Crippen LogP contribution in [0.3, 0.4) is 0 Å². The quantitative estimate of drug-likeness (QED) is 0.616. The molecule has 2 heterocycles. The largest absolute Gasteiger partial charge is 0.391 e. The van der Waals surface area contributed by atoms with E-state index in [1.54, 1.807) is 24.3 Å². The van der Waals surface area contributed by atoms with Gasteiger partial charge in [-0.05, 0) is 13.8 Å². The maximum atomic E-state index is 9.37. The van der Waals surface area contributed by atoms with Crippen LogP contribution in [0.25, 0.3) is 11.0 Å². The maximum Gasteiger partial charge on any atom is 0.184 e. The number of hydrogen-bond acceptors (Lipinski definition) is 6. The lowest BCUT2D eigenvalue weighted by molar-refractivity contribution is 0.153. The number of H-pyrrole nitrogens is 1. The molecule has 2 aromatic rings. The molecule has 0 aliphatic rings. The Balaban J connectivity index is 2.32. The van der Waals surface area contributed by atoms with Crippen molar-refractivity contribution in [2.24, 2.45) is 5.10 Å². The lowest BCUT2D eigenvalue weighted by atomic mass is 10.2. The second-order valence-electron chi connectivity index (χ2n) is 4.20. The summed E-state index contributed by atoms with van der Waals surface area (Å²) in [6.07, 6.45) is 4.21. The van der Waals surface area contributed by atoms with Gasteiger partial charge in [0.2, 0.25) is 0 Å². The van der Waals surface area contributed by atoms with Gasteiger partial charge in [0.15, 0.2) is 5.65 Å².